The summed E-state index contributed by atoms with van der Waals surface area (Å²) in [5.74, 6) is -1.14. The number of aromatic amines is 1. The molecule has 2 aromatic rings. The van der Waals surface area contributed by atoms with E-state index in [1.807, 2.05) is 0 Å². The van der Waals surface area contributed by atoms with E-state index >= 15 is 0 Å². The topological polar surface area (TPSA) is 75.2 Å². The third-order valence-corrected chi connectivity index (χ3v) is 3.09. The van der Waals surface area contributed by atoms with Crippen LogP contribution in [0.5, 0.6) is 5.75 Å². The number of aromatic nitrogens is 2. The van der Waals surface area contributed by atoms with Gasteiger partial charge in [0, 0.05) is 0 Å². The van der Waals surface area contributed by atoms with Gasteiger partial charge in [0.2, 0.25) is 0 Å². The predicted molar refractivity (Wildman–Crippen MR) is 64.8 cm³/mol. The van der Waals surface area contributed by atoms with Gasteiger partial charge in [0.15, 0.2) is 0 Å². The molecule has 2 heterocycles. The Hall–Kier alpha value is -2.37. The number of ether oxygens (including phenoxy) is 1. The fourth-order valence-corrected chi connectivity index (χ4v) is 2.20. The van der Waals surface area contributed by atoms with Gasteiger partial charge in [0.1, 0.15) is 17.3 Å². The van der Waals surface area contributed by atoms with E-state index < -0.39 is 11.8 Å². The van der Waals surface area contributed by atoms with Gasteiger partial charge in [-0.05, 0) is 30.5 Å². The molecule has 0 spiro atoms. The quantitative estimate of drug-likeness (QED) is 0.870. The summed E-state index contributed by atoms with van der Waals surface area (Å²) in [5, 5.41) is 15.1. The highest BCUT2D eigenvalue weighted by Gasteiger charge is 2.22. The Balaban J connectivity index is 2.15. The smallest absolute Gasteiger partial charge is 0.353 e. The standard InChI is InChI=1S/C13H11FN2O3/c14-8-4-3-7-2-1-5-19-12(7)11(8)9-6-10(13(17)18)16-15-9/h3-4,6H,1-2,5H2,(H,15,16)(H,17,18). The van der Waals surface area contributed by atoms with Gasteiger partial charge in [-0.3, -0.25) is 5.10 Å². The first-order chi connectivity index (χ1) is 9.16. The molecule has 0 unspecified atom stereocenters. The molecule has 0 atom stereocenters. The van der Waals surface area contributed by atoms with Crippen molar-refractivity contribution in [2.75, 3.05) is 6.61 Å². The van der Waals surface area contributed by atoms with Crippen molar-refractivity contribution >= 4 is 5.97 Å². The molecule has 6 heteroatoms. The van der Waals surface area contributed by atoms with E-state index in [4.69, 9.17) is 9.84 Å². The zero-order chi connectivity index (χ0) is 13.4. The third-order valence-electron chi connectivity index (χ3n) is 3.09. The number of nitrogens with zero attached hydrogens (tertiary/aromatic N) is 1. The molecule has 0 saturated carbocycles. The van der Waals surface area contributed by atoms with Crippen molar-refractivity contribution in [3.05, 3.63) is 35.3 Å². The van der Waals surface area contributed by atoms with Crippen LogP contribution in [0.15, 0.2) is 18.2 Å². The Morgan fingerprint density at radius 1 is 1.47 bits per heavy atom. The Morgan fingerprint density at radius 2 is 2.32 bits per heavy atom. The van der Waals surface area contributed by atoms with Crippen molar-refractivity contribution in [3.63, 3.8) is 0 Å². The minimum atomic E-state index is -1.13. The van der Waals surface area contributed by atoms with E-state index in [0.29, 0.717) is 12.4 Å². The number of halogens is 1. The van der Waals surface area contributed by atoms with Crippen LogP contribution in [0.4, 0.5) is 4.39 Å². The molecule has 2 N–H and O–H groups in total. The van der Waals surface area contributed by atoms with Crippen LogP contribution in [0.25, 0.3) is 11.3 Å². The third kappa shape index (κ3) is 1.95. The first-order valence-corrected chi connectivity index (χ1v) is 5.90. The molecule has 1 aromatic carbocycles. The molecule has 1 aromatic heterocycles. The first kappa shape index (κ1) is 11.7. The second-order valence-electron chi connectivity index (χ2n) is 4.33. The fourth-order valence-electron chi connectivity index (χ4n) is 2.20. The van der Waals surface area contributed by atoms with Crippen LogP contribution in [-0.2, 0) is 6.42 Å². The van der Waals surface area contributed by atoms with Gasteiger partial charge in [0.25, 0.3) is 0 Å². The second-order valence-corrected chi connectivity index (χ2v) is 4.33. The Kier molecular flexibility index (Phi) is 2.70. The molecule has 0 fully saturated rings. The average Bonchev–Trinajstić information content (AvgIpc) is 2.88. The van der Waals surface area contributed by atoms with Crippen molar-refractivity contribution in [2.45, 2.75) is 12.8 Å². The second kappa shape index (κ2) is 4.38. The van der Waals surface area contributed by atoms with Gasteiger partial charge < -0.3 is 9.84 Å². The van der Waals surface area contributed by atoms with E-state index in [-0.39, 0.29) is 17.0 Å². The lowest BCUT2D eigenvalue weighted by atomic mass is 10.00. The lowest BCUT2D eigenvalue weighted by Crippen LogP contribution is -2.10. The Morgan fingerprint density at radius 3 is 3.05 bits per heavy atom. The monoisotopic (exact) mass is 262 g/mol. The van der Waals surface area contributed by atoms with E-state index in [1.54, 1.807) is 6.07 Å². The maximum Gasteiger partial charge on any atom is 0.353 e. The van der Waals surface area contributed by atoms with E-state index in [1.165, 1.54) is 12.1 Å². The van der Waals surface area contributed by atoms with Gasteiger partial charge in [-0.25, -0.2) is 9.18 Å². The first-order valence-electron chi connectivity index (χ1n) is 5.90. The van der Waals surface area contributed by atoms with Gasteiger partial charge in [-0.15, -0.1) is 0 Å². The van der Waals surface area contributed by atoms with Crippen molar-refractivity contribution in [1.82, 2.24) is 10.2 Å². The van der Waals surface area contributed by atoms with Crippen LogP contribution in [0.2, 0.25) is 0 Å². The average molecular weight is 262 g/mol. The Labute approximate surface area is 108 Å². The van der Waals surface area contributed by atoms with Crippen LogP contribution in [-0.4, -0.2) is 27.9 Å². The summed E-state index contributed by atoms with van der Waals surface area (Å²) in [6, 6.07) is 4.36. The number of aryl methyl sites for hydroxylation is 1. The lowest BCUT2D eigenvalue weighted by Gasteiger charge is -2.19. The van der Waals surface area contributed by atoms with Gasteiger partial charge in [-0.1, -0.05) is 6.07 Å². The molecule has 0 aliphatic carbocycles. The number of aromatic carboxylic acids is 1. The highest BCUT2D eigenvalue weighted by atomic mass is 19.1. The molecule has 98 valence electrons. The molecule has 1 aliphatic heterocycles. The zero-order valence-electron chi connectivity index (χ0n) is 9.94. The lowest BCUT2D eigenvalue weighted by molar-refractivity contribution is 0.0690. The maximum absolute atomic E-state index is 14.0. The number of carboxylic acids is 1. The normalized spacial score (nSPS) is 13.7. The number of rotatable bonds is 2. The molecule has 0 radical (unpaired) electrons. The van der Waals surface area contributed by atoms with Crippen molar-refractivity contribution in [2.24, 2.45) is 0 Å². The molecule has 3 rings (SSSR count). The zero-order valence-corrected chi connectivity index (χ0v) is 9.94. The summed E-state index contributed by atoms with van der Waals surface area (Å²) in [6.07, 6.45) is 1.71. The summed E-state index contributed by atoms with van der Waals surface area (Å²) in [4.78, 5) is 10.8. The summed E-state index contributed by atoms with van der Waals surface area (Å²) >= 11 is 0. The molecule has 1 aliphatic rings. The molecule has 5 nitrogen and oxygen atoms in total. The van der Waals surface area contributed by atoms with Crippen molar-refractivity contribution in [3.8, 4) is 17.0 Å². The number of nitrogens with one attached hydrogen (secondary N) is 1. The van der Waals surface area contributed by atoms with Crippen LogP contribution in [0.1, 0.15) is 22.5 Å². The highest BCUT2D eigenvalue weighted by molar-refractivity contribution is 5.87. The molecular formula is C13H11FN2O3. The number of carboxylic acid groups (broad SMARTS) is 1. The van der Waals surface area contributed by atoms with E-state index in [0.717, 1.165) is 18.4 Å². The highest BCUT2D eigenvalue weighted by Crippen LogP contribution is 2.37. The van der Waals surface area contributed by atoms with Crippen LogP contribution in [0, 0.1) is 5.82 Å². The van der Waals surface area contributed by atoms with E-state index in [9.17, 15) is 9.18 Å². The minimum Gasteiger partial charge on any atom is -0.492 e. The number of hydrogen-bond donors (Lipinski definition) is 2. The molecular weight excluding hydrogens is 251 g/mol. The van der Waals surface area contributed by atoms with Gasteiger partial charge >= 0.3 is 5.97 Å². The molecule has 19 heavy (non-hydrogen) atoms. The van der Waals surface area contributed by atoms with Gasteiger partial charge in [0.05, 0.1) is 17.9 Å². The number of fused-ring (bicyclic) bond motifs is 1. The number of H-pyrrole nitrogens is 1. The maximum atomic E-state index is 14.0. The van der Waals surface area contributed by atoms with Crippen LogP contribution < -0.4 is 4.74 Å². The predicted octanol–water partition coefficient (Wildman–Crippen LogP) is 2.24. The van der Waals surface area contributed by atoms with E-state index in [2.05, 4.69) is 10.2 Å². The fraction of sp³-hybridized carbons (Fsp3) is 0.231. The number of hydrogen-bond acceptors (Lipinski definition) is 3. The van der Waals surface area contributed by atoms with Crippen molar-refractivity contribution in [1.29, 1.82) is 0 Å². The largest absolute Gasteiger partial charge is 0.492 e. The van der Waals surface area contributed by atoms with Crippen LogP contribution in [0.3, 0.4) is 0 Å². The summed E-state index contributed by atoms with van der Waals surface area (Å²) < 4.78 is 19.5. The summed E-state index contributed by atoms with van der Waals surface area (Å²) in [5.41, 5.74) is 1.31. The number of benzene rings is 1. The SMILES string of the molecule is O=C(O)c1cc(-c2c(F)ccc3c2OCCC3)n[nH]1. The molecule has 0 bridgehead atoms. The Bertz CT molecular complexity index is 651. The minimum absolute atomic E-state index is 0.0807. The number of carbonyl (C=O) groups is 1. The summed E-state index contributed by atoms with van der Waals surface area (Å²) in [7, 11) is 0. The molecule has 0 amide bonds. The molecule has 0 saturated heterocycles. The van der Waals surface area contributed by atoms with Crippen LogP contribution >= 0.6 is 0 Å². The van der Waals surface area contributed by atoms with Gasteiger partial charge in [-0.2, -0.15) is 5.10 Å². The van der Waals surface area contributed by atoms with Crippen molar-refractivity contribution < 1.29 is 19.0 Å². The summed E-state index contributed by atoms with van der Waals surface area (Å²) in [6.45, 7) is 0.527.